The van der Waals surface area contributed by atoms with Crippen LogP contribution in [0.25, 0.3) is 21.9 Å². The third kappa shape index (κ3) is 6.86. The van der Waals surface area contributed by atoms with E-state index in [1.165, 1.54) is 6.92 Å². The monoisotopic (exact) mass is 584 g/mol. The Morgan fingerprint density at radius 3 is 2.51 bits per heavy atom. The summed E-state index contributed by atoms with van der Waals surface area (Å²) >= 11 is 0. The molecule has 12 nitrogen and oxygen atoms in total. The fourth-order valence-corrected chi connectivity index (χ4v) is 6.19. The van der Waals surface area contributed by atoms with Crippen LogP contribution in [0.15, 0.2) is 54.6 Å². The van der Waals surface area contributed by atoms with E-state index < -0.39 is 25.4 Å². The zero-order valence-electron chi connectivity index (χ0n) is 23.4. The summed E-state index contributed by atoms with van der Waals surface area (Å²) in [7, 11) is -4.10. The average molecular weight is 585 g/mol. The number of aliphatic hydroxyl groups is 1. The number of pyridine rings is 1. The lowest BCUT2D eigenvalue weighted by Crippen LogP contribution is -2.39. The van der Waals surface area contributed by atoms with Gasteiger partial charge in [-0.15, -0.1) is 0 Å². The molecule has 0 bridgehead atoms. The first-order valence-electron chi connectivity index (χ1n) is 13.5. The molecule has 13 heteroatoms. The van der Waals surface area contributed by atoms with Crippen molar-refractivity contribution in [2.24, 2.45) is 5.73 Å². The van der Waals surface area contributed by atoms with Crippen LogP contribution in [-0.2, 0) is 31.0 Å². The van der Waals surface area contributed by atoms with E-state index in [1.54, 1.807) is 34.9 Å². The minimum Gasteiger partial charge on any atom is -0.413 e. The zero-order chi connectivity index (χ0) is 29.6. The summed E-state index contributed by atoms with van der Waals surface area (Å²) < 4.78 is 32.7. The molecule has 0 radical (unpaired) electrons. The van der Waals surface area contributed by atoms with Gasteiger partial charge in [0.1, 0.15) is 29.4 Å². The lowest BCUT2D eigenvalue weighted by Gasteiger charge is -2.32. The van der Waals surface area contributed by atoms with E-state index in [0.717, 1.165) is 5.39 Å². The van der Waals surface area contributed by atoms with Crippen molar-refractivity contribution >= 4 is 41.4 Å². The van der Waals surface area contributed by atoms with Crippen LogP contribution < -0.4 is 21.1 Å². The molecule has 220 valence electrons. The number of nitrogen functional groups attached to an aromatic ring is 1. The average Bonchev–Trinajstić information content (AvgIpc) is 3.34. The number of para-hydroxylation sites is 2. The highest BCUT2D eigenvalue weighted by Gasteiger charge is 2.37. The van der Waals surface area contributed by atoms with E-state index in [-0.39, 0.29) is 31.2 Å². The molecule has 4 rings (SSSR count). The van der Waals surface area contributed by atoms with Gasteiger partial charge in [-0.25, -0.2) is 14.5 Å². The second-order valence-corrected chi connectivity index (χ2v) is 11.4. The fourth-order valence-electron chi connectivity index (χ4n) is 4.68. The van der Waals surface area contributed by atoms with Crippen molar-refractivity contribution in [3.63, 3.8) is 0 Å². The molecule has 0 aliphatic heterocycles. The summed E-state index contributed by atoms with van der Waals surface area (Å²) in [5.41, 5.74) is 11.9. The number of rotatable bonds is 15. The van der Waals surface area contributed by atoms with Gasteiger partial charge < -0.3 is 25.8 Å². The van der Waals surface area contributed by atoms with Crippen LogP contribution in [0.4, 0.5) is 5.82 Å². The van der Waals surface area contributed by atoms with Crippen LogP contribution in [-0.4, -0.2) is 44.8 Å². The first kappa shape index (κ1) is 30.4. The van der Waals surface area contributed by atoms with Crippen molar-refractivity contribution in [2.75, 3.05) is 18.9 Å². The third-order valence-corrected chi connectivity index (χ3v) is 8.28. The number of benzene rings is 2. The first-order chi connectivity index (χ1) is 19.6. The van der Waals surface area contributed by atoms with Gasteiger partial charge in [-0.05, 0) is 38.5 Å². The quantitative estimate of drug-likeness (QED) is 0.148. The van der Waals surface area contributed by atoms with Gasteiger partial charge in [0.2, 0.25) is 5.91 Å². The predicted octanol–water partition coefficient (Wildman–Crippen LogP) is 4.21. The summed E-state index contributed by atoms with van der Waals surface area (Å²) in [5.74, 6) is 0.247. The lowest BCUT2D eigenvalue weighted by molar-refractivity contribution is -0.119. The molecule has 2 heterocycles. The Hall–Kier alpha value is -3.54. The summed E-state index contributed by atoms with van der Waals surface area (Å²) in [6.07, 6.45) is 0.918. The molecule has 0 fully saturated rings. The molecule has 6 N–H and O–H groups in total. The number of primary amides is 1. The van der Waals surface area contributed by atoms with E-state index in [9.17, 15) is 14.5 Å². The molecule has 41 heavy (non-hydrogen) atoms. The number of imidazole rings is 1. The molecular formula is C28H37N6O6P. The number of ether oxygens (including phenoxy) is 1. The van der Waals surface area contributed by atoms with Gasteiger partial charge in [0.15, 0.2) is 5.82 Å². The summed E-state index contributed by atoms with van der Waals surface area (Å²) in [6.45, 7) is 5.64. The second-order valence-electron chi connectivity index (χ2n) is 9.68. The van der Waals surface area contributed by atoms with Crippen molar-refractivity contribution in [1.29, 1.82) is 0 Å². The van der Waals surface area contributed by atoms with E-state index in [4.69, 9.17) is 30.2 Å². The Morgan fingerprint density at radius 2 is 1.83 bits per heavy atom. The Kier molecular flexibility index (Phi) is 9.62. The molecule has 0 saturated heterocycles. The van der Waals surface area contributed by atoms with Gasteiger partial charge in [-0.1, -0.05) is 49.7 Å². The van der Waals surface area contributed by atoms with Gasteiger partial charge in [-0.3, -0.25) is 13.9 Å². The number of anilines is 1. The van der Waals surface area contributed by atoms with Crippen molar-refractivity contribution in [3.05, 3.63) is 60.4 Å². The number of aromatic nitrogens is 3. The van der Waals surface area contributed by atoms with Gasteiger partial charge in [0.05, 0.1) is 23.7 Å². The summed E-state index contributed by atoms with van der Waals surface area (Å²) in [4.78, 5) is 21.0. The fraction of sp³-hybridized carbons (Fsp3) is 0.393. The highest BCUT2D eigenvalue weighted by Crippen LogP contribution is 2.46. The molecule has 0 spiro atoms. The Labute approximate surface area is 238 Å². The number of carbonyl (C=O) groups excluding carboxylic acids is 1. The van der Waals surface area contributed by atoms with E-state index in [1.807, 2.05) is 38.1 Å². The minimum absolute atomic E-state index is 0.00322. The Balaban J connectivity index is 1.73. The van der Waals surface area contributed by atoms with E-state index in [2.05, 4.69) is 10.1 Å². The molecule has 2 aromatic heterocycles. The molecule has 0 unspecified atom stereocenters. The highest BCUT2D eigenvalue weighted by molar-refractivity contribution is 7.52. The number of hydrogen-bond acceptors (Lipinski definition) is 9. The summed E-state index contributed by atoms with van der Waals surface area (Å²) in [6, 6.07) is 14.9. The molecule has 1 amide bonds. The number of nitrogens with zero attached hydrogens (tertiary/aromatic N) is 3. The van der Waals surface area contributed by atoms with Gasteiger partial charge in [0.25, 0.3) is 0 Å². The van der Waals surface area contributed by atoms with Crippen molar-refractivity contribution in [2.45, 2.75) is 58.4 Å². The number of fused-ring (bicyclic) bond motifs is 3. The molecule has 4 aromatic rings. The summed E-state index contributed by atoms with van der Waals surface area (Å²) in [5, 5.41) is 15.6. The van der Waals surface area contributed by atoms with Crippen LogP contribution in [0.2, 0.25) is 0 Å². The zero-order valence-corrected chi connectivity index (χ0v) is 24.3. The molecule has 0 aliphatic rings. The first-order valence-corrected chi connectivity index (χ1v) is 15.1. The molecule has 2 aromatic carbocycles. The van der Waals surface area contributed by atoms with Crippen LogP contribution in [0, 0.1) is 0 Å². The molecule has 0 aliphatic carbocycles. The Bertz CT molecular complexity index is 1550. The lowest BCUT2D eigenvalue weighted by atomic mass is 10.0. The predicted molar refractivity (Wildman–Crippen MR) is 157 cm³/mol. The SMILES string of the molecule is CCC[C@](O)(CCO[P@@](=O)(N[C@@H](C)C(N)=O)Oc1ccccc1)n1c(COCC)nc2c(N)nc3ccccc3c21. The van der Waals surface area contributed by atoms with Crippen LogP contribution >= 0.6 is 7.75 Å². The normalized spacial score (nSPS) is 15.4. The highest BCUT2D eigenvalue weighted by atomic mass is 31.2. The van der Waals surface area contributed by atoms with Crippen LogP contribution in [0.1, 0.15) is 45.9 Å². The van der Waals surface area contributed by atoms with Crippen molar-refractivity contribution in [3.8, 4) is 5.75 Å². The smallest absolute Gasteiger partial charge is 0.413 e. The second kappa shape index (κ2) is 13.0. The number of carbonyl (C=O) groups is 1. The number of nitrogens with one attached hydrogen (secondary N) is 1. The van der Waals surface area contributed by atoms with Crippen LogP contribution in [0.3, 0.4) is 0 Å². The van der Waals surface area contributed by atoms with Gasteiger partial charge in [0, 0.05) is 18.4 Å². The minimum atomic E-state index is -4.10. The maximum Gasteiger partial charge on any atom is 0.459 e. The molecule has 3 atom stereocenters. The maximum atomic E-state index is 13.8. The maximum absolute atomic E-state index is 13.8. The van der Waals surface area contributed by atoms with Gasteiger partial charge in [-0.2, -0.15) is 5.09 Å². The molecular weight excluding hydrogens is 547 g/mol. The number of amides is 1. The largest absolute Gasteiger partial charge is 0.459 e. The topological polar surface area (TPSA) is 177 Å². The van der Waals surface area contributed by atoms with E-state index in [0.29, 0.717) is 41.8 Å². The number of nitrogens with two attached hydrogens (primary N) is 2. The third-order valence-electron chi connectivity index (χ3n) is 6.60. The van der Waals surface area contributed by atoms with Crippen LogP contribution in [0.5, 0.6) is 5.75 Å². The Morgan fingerprint density at radius 1 is 1.12 bits per heavy atom. The van der Waals surface area contributed by atoms with E-state index >= 15 is 0 Å². The van der Waals surface area contributed by atoms with Crippen molar-refractivity contribution < 1.29 is 28.3 Å². The van der Waals surface area contributed by atoms with Crippen molar-refractivity contribution in [1.82, 2.24) is 19.6 Å². The number of hydrogen-bond donors (Lipinski definition) is 4. The standard InChI is InChI=1S/C28H37N6O6P/c1-4-15-28(36,16-17-39-41(37,33-19(3)27(30)35)40-20-11-7-6-8-12-20)34-23(18-38-5-2)32-24-25(34)21-13-9-10-14-22(21)31-26(24)29/h6-14,19,36H,4-5,15-18H2,1-3H3,(H2,29,31)(H2,30,35)(H,33,37)/t19-,28-,41-/m0/s1. The van der Waals surface area contributed by atoms with Gasteiger partial charge >= 0.3 is 7.75 Å². The molecule has 0 saturated carbocycles.